The third kappa shape index (κ3) is 4.24. The third-order valence-corrected chi connectivity index (χ3v) is 3.29. The van der Waals surface area contributed by atoms with Gasteiger partial charge in [0.15, 0.2) is 0 Å². The SMILES string of the molecule is CCCc1ccccc1.Cc1ccc2ccccc2c1. The smallest absolute Gasteiger partial charge is 0.0181 e. The number of rotatable bonds is 2. The van der Waals surface area contributed by atoms with Crippen LogP contribution in [-0.2, 0) is 6.42 Å². The molecule has 0 bridgehead atoms. The minimum absolute atomic E-state index is 1.21. The lowest BCUT2D eigenvalue weighted by molar-refractivity contribution is 0.922. The molecule has 3 aromatic carbocycles. The molecule has 0 aliphatic heterocycles. The van der Waals surface area contributed by atoms with Gasteiger partial charge in [0.05, 0.1) is 0 Å². The van der Waals surface area contributed by atoms with Crippen molar-refractivity contribution in [3.63, 3.8) is 0 Å². The highest BCUT2D eigenvalue weighted by Crippen LogP contribution is 2.14. The fraction of sp³-hybridized carbons (Fsp3) is 0.200. The molecule has 0 heteroatoms. The van der Waals surface area contributed by atoms with Crippen molar-refractivity contribution in [1.82, 2.24) is 0 Å². The molecule has 0 unspecified atom stereocenters. The summed E-state index contributed by atoms with van der Waals surface area (Å²) < 4.78 is 0. The molecule has 0 aliphatic rings. The summed E-state index contributed by atoms with van der Waals surface area (Å²) in [6.07, 6.45) is 2.45. The molecule has 20 heavy (non-hydrogen) atoms. The standard InChI is InChI=1S/C11H10.C9H12/c1-9-6-7-10-4-2-3-5-11(10)8-9;1-2-6-9-7-4-3-5-8-9/h2-8H,1H3;3-5,7-8H,2,6H2,1H3. The molecule has 3 rings (SSSR count). The molecule has 0 atom stereocenters. The summed E-state index contributed by atoms with van der Waals surface area (Å²) in [6, 6.07) is 25.5. The predicted octanol–water partition coefficient (Wildman–Crippen LogP) is 5.79. The molecule has 0 N–H and O–H groups in total. The Balaban J connectivity index is 0.000000151. The van der Waals surface area contributed by atoms with Crippen LogP contribution in [-0.4, -0.2) is 0 Å². The van der Waals surface area contributed by atoms with Crippen LogP contribution in [0.2, 0.25) is 0 Å². The molecule has 0 aliphatic carbocycles. The van der Waals surface area contributed by atoms with Gasteiger partial charge < -0.3 is 0 Å². The van der Waals surface area contributed by atoms with Gasteiger partial charge >= 0.3 is 0 Å². The Morgan fingerprint density at radius 2 is 1.35 bits per heavy atom. The first-order chi connectivity index (χ1) is 9.79. The summed E-state index contributed by atoms with van der Waals surface area (Å²) in [5.74, 6) is 0. The van der Waals surface area contributed by atoms with E-state index in [9.17, 15) is 0 Å². The van der Waals surface area contributed by atoms with Crippen molar-refractivity contribution >= 4 is 10.8 Å². The third-order valence-electron chi connectivity index (χ3n) is 3.29. The summed E-state index contributed by atoms with van der Waals surface area (Å²) in [4.78, 5) is 0. The molecular weight excluding hydrogens is 240 g/mol. The second-order valence-electron chi connectivity index (χ2n) is 5.09. The summed E-state index contributed by atoms with van der Waals surface area (Å²) >= 11 is 0. The van der Waals surface area contributed by atoms with Crippen molar-refractivity contribution in [2.24, 2.45) is 0 Å². The van der Waals surface area contributed by atoms with E-state index in [1.165, 1.54) is 34.7 Å². The van der Waals surface area contributed by atoms with Gasteiger partial charge in [0.2, 0.25) is 0 Å². The number of fused-ring (bicyclic) bond motifs is 1. The normalized spacial score (nSPS) is 9.90. The summed E-state index contributed by atoms with van der Waals surface area (Å²) in [7, 11) is 0. The van der Waals surface area contributed by atoms with E-state index < -0.39 is 0 Å². The van der Waals surface area contributed by atoms with Crippen LogP contribution in [0.3, 0.4) is 0 Å². The molecule has 0 saturated carbocycles. The zero-order valence-electron chi connectivity index (χ0n) is 12.3. The van der Waals surface area contributed by atoms with Gasteiger partial charge in [-0.3, -0.25) is 0 Å². The summed E-state index contributed by atoms with van der Waals surface area (Å²) in [6.45, 7) is 4.32. The van der Waals surface area contributed by atoms with Crippen molar-refractivity contribution in [2.45, 2.75) is 26.7 Å². The van der Waals surface area contributed by atoms with E-state index in [1.54, 1.807) is 0 Å². The van der Waals surface area contributed by atoms with Crippen LogP contribution in [0, 0.1) is 6.92 Å². The summed E-state index contributed by atoms with van der Waals surface area (Å²) in [5.41, 5.74) is 2.77. The molecule has 0 heterocycles. The van der Waals surface area contributed by atoms with Gasteiger partial charge in [-0.1, -0.05) is 91.7 Å². The Labute approximate surface area is 122 Å². The molecule has 102 valence electrons. The maximum absolute atomic E-state index is 2.20. The minimum atomic E-state index is 1.21. The van der Waals surface area contributed by atoms with E-state index in [1.807, 2.05) is 0 Å². The highest BCUT2D eigenvalue weighted by atomic mass is 13.9. The maximum atomic E-state index is 2.20. The molecule has 0 fully saturated rings. The van der Waals surface area contributed by atoms with Gasteiger partial charge in [-0.25, -0.2) is 0 Å². The Bertz CT molecular complexity index is 638. The Morgan fingerprint density at radius 3 is 2.05 bits per heavy atom. The Hall–Kier alpha value is -2.08. The van der Waals surface area contributed by atoms with Crippen molar-refractivity contribution < 1.29 is 0 Å². The number of hydrogen-bond acceptors (Lipinski definition) is 0. The Morgan fingerprint density at radius 1 is 0.700 bits per heavy atom. The maximum Gasteiger partial charge on any atom is -0.0181 e. The molecule has 0 amide bonds. The lowest BCUT2D eigenvalue weighted by Crippen LogP contribution is -1.78. The zero-order chi connectivity index (χ0) is 14.2. The topological polar surface area (TPSA) is 0 Å². The highest BCUT2D eigenvalue weighted by molar-refractivity contribution is 5.82. The van der Waals surface area contributed by atoms with Crippen LogP contribution in [0.1, 0.15) is 24.5 Å². The van der Waals surface area contributed by atoms with Gasteiger partial charge in [-0.05, 0) is 29.7 Å². The van der Waals surface area contributed by atoms with Crippen LogP contribution in [0.5, 0.6) is 0 Å². The molecule has 0 spiro atoms. The number of aryl methyl sites for hydroxylation is 2. The molecular formula is C20H22. The first-order valence-electron chi connectivity index (χ1n) is 7.29. The largest absolute Gasteiger partial charge is 0.0651 e. The van der Waals surface area contributed by atoms with Crippen LogP contribution in [0.15, 0.2) is 72.8 Å². The molecule has 0 nitrogen and oxygen atoms in total. The van der Waals surface area contributed by atoms with E-state index in [0.717, 1.165) is 0 Å². The lowest BCUT2D eigenvalue weighted by Gasteiger charge is -1.96. The first kappa shape index (κ1) is 14.3. The molecule has 0 aromatic heterocycles. The second kappa shape index (κ2) is 7.49. The highest BCUT2D eigenvalue weighted by Gasteiger charge is 1.89. The van der Waals surface area contributed by atoms with Crippen molar-refractivity contribution in [2.75, 3.05) is 0 Å². The van der Waals surface area contributed by atoms with Crippen LogP contribution < -0.4 is 0 Å². The lowest BCUT2D eigenvalue weighted by atomic mass is 10.1. The van der Waals surface area contributed by atoms with Crippen LogP contribution >= 0.6 is 0 Å². The zero-order valence-corrected chi connectivity index (χ0v) is 12.3. The fourth-order valence-electron chi connectivity index (χ4n) is 2.24. The quantitative estimate of drug-likeness (QED) is 0.548. The average molecular weight is 262 g/mol. The number of benzene rings is 3. The minimum Gasteiger partial charge on any atom is -0.0651 e. The van der Waals surface area contributed by atoms with E-state index in [0.29, 0.717) is 0 Å². The summed E-state index contributed by atoms with van der Waals surface area (Å²) in [5, 5.41) is 2.64. The van der Waals surface area contributed by atoms with Crippen molar-refractivity contribution in [3.8, 4) is 0 Å². The molecule has 0 saturated heterocycles. The average Bonchev–Trinajstić information content (AvgIpc) is 2.49. The van der Waals surface area contributed by atoms with E-state index >= 15 is 0 Å². The van der Waals surface area contributed by atoms with Crippen molar-refractivity contribution in [3.05, 3.63) is 83.9 Å². The van der Waals surface area contributed by atoms with Crippen molar-refractivity contribution in [1.29, 1.82) is 0 Å². The Kier molecular flexibility index (Phi) is 5.37. The van der Waals surface area contributed by atoms with Crippen LogP contribution in [0.4, 0.5) is 0 Å². The van der Waals surface area contributed by atoms with Gasteiger partial charge in [-0.15, -0.1) is 0 Å². The van der Waals surface area contributed by atoms with E-state index in [-0.39, 0.29) is 0 Å². The monoisotopic (exact) mass is 262 g/mol. The molecule has 0 radical (unpaired) electrons. The van der Waals surface area contributed by atoms with Gasteiger partial charge in [-0.2, -0.15) is 0 Å². The number of hydrogen-bond donors (Lipinski definition) is 0. The molecule has 3 aromatic rings. The second-order valence-corrected chi connectivity index (χ2v) is 5.09. The first-order valence-corrected chi connectivity index (χ1v) is 7.29. The van der Waals surface area contributed by atoms with Gasteiger partial charge in [0.25, 0.3) is 0 Å². The predicted molar refractivity (Wildman–Crippen MR) is 89.1 cm³/mol. The van der Waals surface area contributed by atoms with Crippen LogP contribution in [0.25, 0.3) is 10.8 Å². The van der Waals surface area contributed by atoms with E-state index in [2.05, 4.69) is 86.6 Å². The van der Waals surface area contributed by atoms with E-state index in [4.69, 9.17) is 0 Å². The van der Waals surface area contributed by atoms with Gasteiger partial charge in [0, 0.05) is 0 Å². The van der Waals surface area contributed by atoms with Gasteiger partial charge in [0.1, 0.15) is 0 Å². The fourth-order valence-corrected chi connectivity index (χ4v) is 2.24.